The molecule has 0 saturated heterocycles. The van der Waals surface area contributed by atoms with Gasteiger partial charge in [-0.25, -0.2) is 9.97 Å². The van der Waals surface area contributed by atoms with E-state index in [0.29, 0.717) is 0 Å². The van der Waals surface area contributed by atoms with Gasteiger partial charge in [0.2, 0.25) is 0 Å². The molecule has 100 valence electrons. The van der Waals surface area contributed by atoms with Crippen molar-refractivity contribution in [3.63, 3.8) is 0 Å². The maximum Gasteiger partial charge on any atom is 0.152 e. The number of rotatable bonds is 4. The first-order chi connectivity index (χ1) is 9.15. The lowest BCUT2D eigenvalue weighted by Crippen LogP contribution is -2.02. The molecule has 3 nitrogen and oxygen atoms in total. The summed E-state index contributed by atoms with van der Waals surface area (Å²) in [4.78, 5) is 9.22. The lowest BCUT2D eigenvalue weighted by Gasteiger charge is -2.11. The molecule has 1 aromatic heterocycles. The third-order valence-corrected chi connectivity index (χ3v) is 3.31. The molecular formula is C16H21N3. The van der Waals surface area contributed by atoms with Gasteiger partial charge >= 0.3 is 0 Å². The number of nitrogens with one attached hydrogen (secondary N) is 1. The lowest BCUT2D eigenvalue weighted by molar-refractivity contribution is 0.922. The average Bonchev–Trinajstić information content (AvgIpc) is 2.43. The van der Waals surface area contributed by atoms with Crippen LogP contribution in [0.5, 0.6) is 0 Å². The summed E-state index contributed by atoms with van der Waals surface area (Å²) in [6.45, 7) is 6.18. The van der Waals surface area contributed by atoms with Crippen molar-refractivity contribution in [1.29, 1.82) is 0 Å². The van der Waals surface area contributed by atoms with Crippen molar-refractivity contribution in [2.45, 2.75) is 33.6 Å². The second-order valence-corrected chi connectivity index (χ2v) is 4.79. The molecule has 0 bridgehead atoms. The highest BCUT2D eigenvalue weighted by Gasteiger charge is 2.10. The molecule has 0 saturated carbocycles. The fraction of sp³-hybridized carbons (Fsp3) is 0.375. The number of aromatic nitrogens is 2. The fourth-order valence-electron chi connectivity index (χ4n) is 2.10. The maximum atomic E-state index is 4.66. The number of aryl methyl sites for hydroxylation is 3. The zero-order valence-corrected chi connectivity index (χ0v) is 12.1. The summed E-state index contributed by atoms with van der Waals surface area (Å²) in [7, 11) is 1.88. The first-order valence-electron chi connectivity index (χ1n) is 6.78. The van der Waals surface area contributed by atoms with Gasteiger partial charge in [0.05, 0.1) is 11.4 Å². The normalized spacial score (nSPS) is 10.5. The van der Waals surface area contributed by atoms with Gasteiger partial charge in [-0.05, 0) is 25.8 Å². The summed E-state index contributed by atoms with van der Waals surface area (Å²) < 4.78 is 0. The predicted octanol–water partition coefficient (Wildman–Crippen LogP) is 3.75. The largest absolute Gasteiger partial charge is 0.371 e. The van der Waals surface area contributed by atoms with E-state index in [9.17, 15) is 0 Å². The van der Waals surface area contributed by atoms with Crippen molar-refractivity contribution in [2.24, 2.45) is 0 Å². The third kappa shape index (κ3) is 2.92. The Labute approximate surface area is 115 Å². The topological polar surface area (TPSA) is 37.8 Å². The number of benzene rings is 1. The summed E-state index contributed by atoms with van der Waals surface area (Å²) in [5, 5.41) is 3.13. The molecule has 2 aromatic rings. The molecule has 0 amide bonds. The van der Waals surface area contributed by atoms with Crippen LogP contribution in [0.25, 0.3) is 11.3 Å². The third-order valence-electron chi connectivity index (χ3n) is 3.31. The minimum Gasteiger partial charge on any atom is -0.371 e. The van der Waals surface area contributed by atoms with E-state index >= 15 is 0 Å². The molecule has 0 fully saturated rings. The molecular weight excluding hydrogens is 234 g/mol. The summed E-state index contributed by atoms with van der Waals surface area (Å²) in [6.07, 6.45) is 2.29. The standard InChI is InChI=1S/C16H21N3/c1-5-6-13-7-9-14(10-8-13)15-16(17-4)19-12(3)11(2)18-15/h7-10H,5-6H2,1-4H3,(H,17,19). The van der Waals surface area contributed by atoms with Crippen molar-refractivity contribution in [3.05, 3.63) is 41.2 Å². The summed E-state index contributed by atoms with van der Waals surface area (Å²) >= 11 is 0. The first-order valence-corrected chi connectivity index (χ1v) is 6.78. The van der Waals surface area contributed by atoms with Crippen molar-refractivity contribution >= 4 is 5.82 Å². The maximum absolute atomic E-state index is 4.66. The van der Waals surface area contributed by atoms with Gasteiger partial charge in [-0.15, -0.1) is 0 Å². The molecule has 0 atom stereocenters. The van der Waals surface area contributed by atoms with E-state index in [1.54, 1.807) is 0 Å². The van der Waals surface area contributed by atoms with Crippen LogP contribution in [-0.2, 0) is 6.42 Å². The minimum atomic E-state index is 0.839. The second-order valence-electron chi connectivity index (χ2n) is 4.79. The Kier molecular flexibility index (Phi) is 4.15. The molecule has 0 unspecified atom stereocenters. The SMILES string of the molecule is CCCc1ccc(-c2nc(C)c(C)nc2NC)cc1. The molecule has 3 heteroatoms. The molecule has 1 N–H and O–H groups in total. The van der Waals surface area contributed by atoms with Gasteiger partial charge < -0.3 is 5.32 Å². The van der Waals surface area contributed by atoms with E-state index in [0.717, 1.165) is 34.9 Å². The Morgan fingerprint density at radius 1 is 1.00 bits per heavy atom. The lowest BCUT2D eigenvalue weighted by atomic mass is 10.1. The van der Waals surface area contributed by atoms with Crippen LogP contribution in [0.1, 0.15) is 30.3 Å². The number of nitrogens with zero attached hydrogens (tertiary/aromatic N) is 2. The van der Waals surface area contributed by atoms with E-state index in [-0.39, 0.29) is 0 Å². The predicted molar refractivity (Wildman–Crippen MR) is 80.5 cm³/mol. The smallest absolute Gasteiger partial charge is 0.152 e. The highest BCUT2D eigenvalue weighted by atomic mass is 15.0. The van der Waals surface area contributed by atoms with Crippen molar-refractivity contribution in [2.75, 3.05) is 12.4 Å². The van der Waals surface area contributed by atoms with E-state index in [4.69, 9.17) is 0 Å². The van der Waals surface area contributed by atoms with Crippen LogP contribution in [0.15, 0.2) is 24.3 Å². The Balaban J connectivity index is 2.43. The molecule has 0 aliphatic rings. The van der Waals surface area contributed by atoms with Gasteiger partial charge in [0.1, 0.15) is 5.69 Å². The van der Waals surface area contributed by atoms with Gasteiger partial charge in [0.25, 0.3) is 0 Å². The summed E-state index contributed by atoms with van der Waals surface area (Å²) in [5.41, 5.74) is 5.35. The van der Waals surface area contributed by atoms with E-state index in [1.165, 1.54) is 12.0 Å². The zero-order valence-electron chi connectivity index (χ0n) is 12.1. The van der Waals surface area contributed by atoms with Crippen LogP contribution in [-0.4, -0.2) is 17.0 Å². The summed E-state index contributed by atoms with van der Waals surface area (Å²) in [5.74, 6) is 0.839. The molecule has 0 spiro atoms. The van der Waals surface area contributed by atoms with Crippen LogP contribution >= 0.6 is 0 Å². The highest BCUT2D eigenvalue weighted by Crippen LogP contribution is 2.25. The Hall–Kier alpha value is -1.90. The fourth-order valence-corrected chi connectivity index (χ4v) is 2.10. The molecule has 1 heterocycles. The van der Waals surface area contributed by atoms with Gasteiger partial charge in [-0.1, -0.05) is 37.6 Å². The van der Waals surface area contributed by atoms with E-state index < -0.39 is 0 Å². The van der Waals surface area contributed by atoms with E-state index in [2.05, 4.69) is 46.5 Å². The van der Waals surface area contributed by atoms with E-state index in [1.807, 2.05) is 20.9 Å². The van der Waals surface area contributed by atoms with Gasteiger partial charge in [0.15, 0.2) is 5.82 Å². The van der Waals surface area contributed by atoms with Gasteiger partial charge in [-0.3, -0.25) is 0 Å². The average molecular weight is 255 g/mol. The molecule has 0 radical (unpaired) electrons. The van der Waals surface area contributed by atoms with Crippen LogP contribution in [0.3, 0.4) is 0 Å². The quantitative estimate of drug-likeness (QED) is 0.904. The Morgan fingerprint density at radius 3 is 2.21 bits per heavy atom. The molecule has 0 aliphatic carbocycles. The van der Waals surface area contributed by atoms with Crippen LogP contribution in [0.2, 0.25) is 0 Å². The number of hydrogen-bond acceptors (Lipinski definition) is 3. The Morgan fingerprint density at radius 2 is 1.63 bits per heavy atom. The van der Waals surface area contributed by atoms with Gasteiger partial charge in [-0.2, -0.15) is 0 Å². The monoisotopic (exact) mass is 255 g/mol. The van der Waals surface area contributed by atoms with Crippen LogP contribution in [0.4, 0.5) is 5.82 Å². The number of hydrogen-bond donors (Lipinski definition) is 1. The van der Waals surface area contributed by atoms with Crippen molar-refractivity contribution in [3.8, 4) is 11.3 Å². The van der Waals surface area contributed by atoms with Crippen LogP contribution < -0.4 is 5.32 Å². The van der Waals surface area contributed by atoms with Gasteiger partial charge in [0, 0.05) is 12.6 Å². The second kappa shape index (κ2) is 5.83. The molecule has 2 rings (SSSR count). The molecule has 1 aromatic carbocycles. The van der Waals surface area contributed by atoms with Crippen LogP contribution in [0, 0.1) is 13.8 Å². The molecule has 0 aliphatic heterocycles. The van der Waals surface area contributed by atoms with Crippen molar-refractivity contribution < 1.29 is 0 Å². The number of anilines is 1. The molecule has 19 heavy (non-hydrogen) atoms. The summed E-state index contributed by atoms with van der Waals surface area (Å²) in [6, 6.07) is 8.61. The first kappa shape index (κ1) is 13.5. The highest BCUT2D eigenvalue weighted by molar-refractivity contribution is 5.71. The Bertz CT molecular complexity index is 559. The minimum absolute atomic E-state index is 0.839. The van der Waals surface area contributed by atoms with Crippen molar-refractivity contribution in [1.82, 2.24) is 9.97 Å². The zero-order chi connectivity index (χ0) is 13.8.